The normalized spacial score (nSPS) is 11.1. The number of alkyl carbamates (subject to hydrolysis) is 1. The van der Waals surface area contributed by atoms with Gasteiger partial charge in [-0.3, -0.25) is 0 Å². The molecule has 0 aliphatic heterocycles. The van der Waals surface area contributed by atoms with Crippen molar-refractivity contribution >= 4 is 6.09 Å². The SMILES string of the molecule is C#CC[N+](C)(C)CCNC(=O)OC(C)(C)C.[Br-]. The third-order valence-electron chi connectivity index (χ3n) is 1.90. The quantitative estimate of drug-likeness (QED) is 0.493. The lowest BCUT2D eigenvalue weighted by Crippen LogP contribution is -3.00. The first kappa shape index (κ1) is 18.6. The van der Waals surface area contributed by atoms with Crippen molar-refractivity contribution in [3.8, 4) is 12.3 Å². The van der Waals surface area contributed by atoms with Gasteiger partial charge in [-0.1, -0.05) is 0 Å². The maximum absolute atomic E-state index is 11.3. The molecule has 0 aliphatic carbocycles. The highest BCUT2D eigenvalue weighted by atomic mass is 79.9. The van der Waals surface area contributed by atoms with Gasteiger partial charge in [-0.05, 0) is 26.7 Å². The van der Waals surface area contributed by atoms with Crippen LogP contribution in [0.4, 0.5) is 4.79 Å². The van der Waals surface area contributed by atoms with E-state index in [4.69, 9.17) is 11.2 Å². The molecule has 0 aromatic heterocycles. The summed E-state index contributed by atoms with van der Waals surface area (Å²) >= 11 is 0. The van der Waals surface area contributed by atoms with Gasteiger partial charge in [0, 0.05) is 0 Å². The molecule has 0 fully saturated rings. The third kappa shape index (κ3) is 11.5. The van der Waals surface area contributed by atoms with Crippen molar-refractivity contribution in [2.24, 2.45) is 0 Å². The maximum Gasteiger partial charge on any atom is 0.407 e. The molecule has 5 heteroatoms. The summed E-state index contributed by atoms with van der Waals surface area (Å²) in [7, 11) is 4.05. The highest BCUT2D eigenvalue weighted by Crippen LogP contribution is 2.06. The zero-order valence-electron chi connectivity index (χ0n) is 11.3. The number of ether oxygens (including phenoxy) is 1. The molecule has 0 rings (SSSR count). The molecule has 0 saturated heterocycles. The van der Waals surface area contributed by atoms with Crippen LogP contribution in [0.3, 0.4) is 0 Å². The van der Waals surface area contributed by atoms with Gasteiger partial charge in [0.1, 0.15) is 12.1 Å². The average molecular weight is 307 g/mol. The van der Waals surface area contributed by atoms with Crippen molar-refractivity contribution in [3.63, 3.8) is 0 Å². The molecule has 17 heavy (non-hydrogen) atoms. The Balaban J connectivity index is 0. The monoisotopic (exact) mass is 306 g/mol. The lowest BCUT2D eigenvalue weighted by atomic mass is 10.2. The van der Waals surface area contributed by atoms with Crippen LogP contribution < -0.4 is 22.3 Å². The first-order valence-corrected chi connectivity index (χ1v) is 5.39. The molecule has 0 aromatic carbocycles. The van der Waals surface area contributed by atoms with Crippen LogP contribution in [-0.4, -0.2) is 49.9 Å². The van der Waals surface area contributed by atoms with E-state index in [1.54, 1.807) is 0 Å². The average Bonchev–Trinajstić information content (AvgIpc) is 1.99. The van der Waals surface area contributed by atoms with Gasteiger partial charge in [0.15, 0.2) is 0 Å². The molecule has 0 heterocycles. The summed E-state index contributed by atoms with van der Waals surface area (Å²) in [5.41, 5.74) is -0.451. The summed E-state index contributed by atoms with van der Waals surface area (Å²) in [5.74, 6) is 2.61. The van der Waals surface area contributed by atoms with Crippen molar-refractivity contribution in [2.45, 2.75) is 26.4 Å². The molecule has 0 radical (unpaired) electrons. The number of carbonyl (C=O) groups is 1. The number of nitrogens with zero attached hydrogens (tertiary/aromatic N) is 1. The molecule has 0 atom stereocenters. The number of carbonyl (C=O) groups excluding carboxylic acids is 1. The van der Waals surface area contributed by atoms with Crippen LogP contribution in [0.2, 0.25) is 0 Å². The Kier molecular flexibility index (Phi) is 8.29. The van der Waals surface area contributed by atoms with Gasteiger partial charge >= 0.3 is 6.09 Å². The Labute approximate surface area is 115 Å². The third-order valence-corrected chi connectivity index (χ3v) is 1.90. The predicted octanol–water partition coefficient (Wildman–Crippen LogP) is -1.78. The van der Waals surface area contributed by atoms with Crippen LogP contribution in [0.25, 0.3) is 0 Å². The highest BCUT2D eigenvalue weighted by Gasteiger charge is 2.17. The lowest BCUT2D eigenvalue weighted by Gasteiger charge is -2.27. The minimum atomic E-state index is -0.451. The van der Waals surface area contributed by atoms with E-state index in [9.17, 15) is 4.79 Å². The summed E-state index contributed by atoms with van der Waals surface area (Å²) < 4.78 is 5.80. The number of amides is 1. The standard InChI is InChI=1S/C12H22N2O2.BrH/c1-7-9-14(5,6)10-8-13-11(15)16-12(2,3)4;/h1H,8-10H2,2-6H3;1H. The van der Waals surface area contributed by atoms with Crippen molar-refractivity contribution in [3.05, 3.63) is 0 Å². The Bertz CT molecular complexity index is 277. The van der Waals surface area contributed by atoms with Crippen LogP contribution >= 0.6 is 0 Å². The lowest BCUT2D eigenvalue weighted by molar-refractivity contribution is -0.881. The fraction of sp³-hybridized carbons (Fsp3) is 0.750. The van der Waals surface area contributed by atoms with Gasteiger partial charge in [0.2, 0.25) is 0 Å². The second kappa shape index (κ2) is 7.57. The zero-order chi connectivity index (χ0) is 12.8. The van der Waals surface area contributed by atoms with E-state index in [2.05, 4.69) is 11.2 Å². The van der Waals surface area contributed by atoms with Gasteiger partial charge in [0.25, 0.3) is 0 Å². The molecule has 0 spiro atoms. The van der Waals surface area contributed by atoms with E-state index in [0.29, 0.717) is 17.6 Å². The first-order chi connectivity index (χ1) is 7.16. The Morgan fingerprint density at radius 1 is 1.41 bits per heavy atom. The summed E-state index contributed by atoms with van der Waals surface area (Å²) in [5, 5.41) is 2.71. The van der Waals surface area contributed by atoms with Gasteiger partial charge in [-0.15, -0.1) is 6.42 Å². The fourth-order valence-corrected chi connectivity index (χ4v) is 1.10. The van der Waals surface area contributed by atoms with Crippen molar-refractivity contribution < 1.29 is 31.0 Å². The van der Waals surface area contributed by atoms with Crippen LogP contribution in [0.1, 0.15) is 20.8 Å². The molecule has 1 N–H and O–H groups in total. The van der Waals surface area contributed by atoms with Gasteiger partial charge in [0.05, 0.1) is 27.2 Å². The number of hydrogen-bond donors (Lipinski definition) is 1. The Morgan fingerprint density at radius 3 is 2.35 bits per heavy atom. The molecule has 0 saturated carbocycles. The van der Waals surface area contributed by atoms with Crippen LogP contribution in [0, 0.1) is 12.3 Å². The highest BCUT2D eigenvalue weighted by molar-refractivity contribution is 5.67. The van der Waals surface area contributed by atoms with Gasteiger partial charge in [-0.25, -0.2) is 4.79 Å². The number of nitrogens with one attached hydrogen (secondary N) is 1. The second-order valence-corrected chi connectivity index (χ2v) is 5.45. The summed E-state index contributed by atoms with van der Waals surface area (Å²) in [6.45, 7) is 7.50. The van der Waals surface area contributed by atoms with Crippen molar-refractivity contribution in [1.29, 1.82) is 0 Å². The van der Waals surface area contributed by atoms with E-state index in [1.165, 1.54) is 0 Å². The van der Waals surface area contributed by atoms with E-state index in [-0.39, 0.29) is 23.1 Å². The Hall–Kier alpha value is -0.730. The maximum atomic E-state index is 11.3. The number of halogens is 1. The number of rotatable bonds is 4. The van der Waals surface area contributed by atoms with E-state index >= 15 is 0 Å². The predicted molar refractivity (Wildman–Crippen MR) is 64.9 cm³/mol. The topological polar surface area (TPSA) is 38.3 Å². The number of hydrogen-bond acceptors (Lipinski definition) is 2. The molecule has 1 amide bonds. The zero-order valence-corrected chi connectivity index (χ0v) is 12.9. The van der Waals surface area contributed by atoms with Crippen LogP contribution in [0.15, 0.2) is 0 Å². The summed E-state index contributed by atoms with van der Waals surface area (Å²) in [4.78, 5) is 11.3. The first-order valence-electron chi connectivity index (χ1n) is 5.39. The molecule has 100 valence electrons. The minimum Gasteiger partial charge on any atom is -1.00 e. The summed E-state index contributed by atoms with van der Waals surface area (Å²) in [6.07, 6.45) is 4.87. The van der Waals surface area contributed by atoms with E-state index in [0.717, 1.165) is 6.54 Å². The molecule has 0 aliphatic rings. The number of quaternary nitrogens is 1. The molecular formula is C12H23BrN2O2. The second-order valence-electron chi connectivity index (χ2n) is 5.45. The van der Waals surface area contributed by atoms with Crippen molar-refractivity contribution in [2.75, 3.05) is 33.7 Å². The molecular weight excluding hydrogens is 284 g/mol. The van der Waals surface area contributed by atoms with Crippen molar-refractivity contribution in [1.82, 2.24) is 5.32 Å². The molecule has 0 aromatic rings. The number of terminal acetylenes is 1. The largest absolute Gasteiger partial charge is 1.00 e. The van der Waals surface area contributed by atoms with E-state index < -0.39 is 5.60 Å². The number of likely N-dealkylation sites (N-methyl/N-ethyl adjacent to an activating group) is 1. The van der Waals surface area contributed by atoms with Crippen LogP contribution in [-0.2, 0) is 4.74 Å². The fourth-order valence-electron chi connectivity index (χ4n) is 1.10. The van der Waals surface area contributed by atoms with Gasteiger partial charge in [-0.2, -0.15) is 0 Å². The summed E-state index contributed by atoms with van der Waals surface area (Å²) in [6, 6.07) is 0. The minimum absolute atomic E-state index is 0. The van der Waals surface area contributed by atoms with Gasteiger partial charge < -0.3 is 31.5 Å². The molecule has 0 unspecified atom stereocenters. The molecule has 0 bridgehead atoms. The van der Waals surface area contributed by atoms with Crippen LogP contribution in [0.5, 0.6) is 0 Å². The van der Waals surface area contributed by atoms with E-state index in [1.807, 2.05) is 34.9 Å². The Morgan fingerprint density at radius 2 is 1.94 bits per heavy atom. The molecule has 4 nitrogen and oxygen atoms in total. The smallest absolute Gasteiger partial charge is 0.407 e.